The van der Waals surface area contributed by atoms with E-state index in [0.29, 0.717) is 5.02 Å². The van der Waals surface area contributed by atoms with E-state index in [1.807, 2.05) is 6.92 Å². The van der Waals surface area contributed by atoms with E-state index in [-0.39, 0.29) is 11.7 Å². The Hall–Kier alpha value is -1.00. The summed E-state index contributed by atoms with van der Waals surface area (Å²) in [5, 5.41) is 9.55. The average molecular weight is 259 g/mol. The third-order valence-electron chi connectivity index (χ3n) is 2.93. The molecule has 4 nitrogen and oxygen atoms in total. The first-order valence-electron chi connectivity index (χ1n) is 5.82. The molecule has 1 unspecified atom stereocenters. The molecule has 0 aliphatic heterocycles. The van der Waals surface area contributed by atoms with E-state index in [4.69, 9.17) is 16.7 Å². The van der Waals surface area contributed by atoms with Crippen molar-refractivity contribution >= 4 is 17.6 Å². The van der Waals surface area contributed by atoms with Crippen molar-refractivity contribution in [2.24, 2.45) is 0 Å². The van der Waals surface area contributed by atoms with E-state index < -0.39 is 5.97 Å². The molecule has 1 aromatic heterocycles. The lowest BCUT2D eigenvalue weighted by Crippen LogP contribution is -2.30. The lowest BCUT2D eigenvalue weighted by atomic mass is 10.3. The number of likely N-dealkylation sites (N-methyl/N-ethyl adjacent to an activating group) is 1. The van der Waals surface area contributed by atoms with Crippen molar-refractivity contribution < 1.29 is 9.90 Å². The van der Waals surface area contributed by atoms with Crippen LogP contribution in [0.5, 0.6) is 0 Å². The molecule has 1 aromatic rings. The van der Waals surface area contributed by atoms with Gasteiger partial charge < -0.3 is 14.6 Å². The van der Waals surface area contributed by atoms with Crippen LogP contribution in [0.25, 0.3) is 0 Å². The molecule has 1 rings (SSSR count). The summed E-state index contributed by atoms with van der Waals surface area (Å²) in [6.45, 7) is 8.92. The van der Waals surface area contributed by atoms with Crippen LogP contribution < -0.4 is 0 Å². The smallest absolute Gasteiger partial charge is 0.352 e. The number of carboxylic acids is 1. The summed E-state index contributed by atoms with van der Waals surface area (Å²) in [5.74, 6) is -0.941. The van der Waals surface area contributed by atoms with Crippen LogP contribution in [0.2, 0.25) is 5.02 Å². The summed E-state index contributed by atoms with van der Waals surface area (Å²) in [4.78, 5) is 13.3. The molecule has 1 heterocycles. The van der Waals surface area contributed by atoms with E-state index in [2.05, 4.69) is 18.7 Å². The molecule has 5 heteroatoms. The van der Waals surface area contributed by atoms with E-state index in [9.17, 15) is 4.79 Å². The summed E-state index contributed by atoms with van der Waals surface area (Å²) in [6, 6.07) is 1.58. The van der Waals surface area contributed by atoms with Crippen LogP contribution in [-0.2, 0) is 0 Å². The maximum absolute atomic E-state index is 11.1. The van der Waals surface area contributed by atoms with Gasteiger partial charge in [0, 0.05) is 18.8 Å². The fourth-order valence-electron chi connectivity index (χ4n) is 1.93. The number of aromatic nitrogens is 1. The molecule has 1 N–H and O–H groups in total. The minimum absolute atomic E-state index is 0.0912. The molecule has 0 spiro atoms. The highest BCUT2D eigenvalue weighted by atomic mass is 35.5. The Morgan fingerprint density at radius 3 is 2.59 bits per heavy atom. The van der Waals surface area contributed by atoms with Gasteiger partial charge in [-0.05, 0) is 26.1 Å². The summed E-state index contributed by atoms with van der Waals surface area (Å²) >= 11 is 5.86. The largest absolute Gasteiger partial charge is 0.477 e. The SMILES string of the molecule is CCN(CC)CC(C)n1cc(Cl)cc1C(=O)O. The Morgan fingerprint density at radius 2 is 2.12 bits per heavy atom. The number of hydrogen-bond donors (Lipinski definition) is 1. The van der Waals surface area contributed by atoms with Gasteiger partial charge in [-0.15, -0.1) is 0 Å². The van der Waals surface area contributed by atoms with Gasteiger partial charge in [0.05, 0.1) is 5.02 Å². The lowest BCUT2D eigenvalue weighted by molar-refractivity contribution is 0.0681. The van der Waals surface area contributed by atoms with Crippen LogP contribution >= 0.6 is 11.6 Å². The molecule has 0 aliphatic carbocycles. The quantitative estimate of drug-likeness (QED) is 0.853. The van der Waals surface area contributed by atoms with Crippen LogP contribution in [0.15, 0.2) is 12.3 Å². The maximum Gasteiger partial charge on any atom is 0.352 e. The third kappa shape index (κ3) is 3.48. The fraction of sp³-hybridized carbons (Fsp3) is 0.583. The van der Waals surface area contributed by atoms with Gasteiger partial charge in [0.25, 0.3) is 0 Å². The number of carbonyl (C=O) groups is 1. The predicted octanol–water partition coefficient (Wildman–Crippen LogP) is 2.74. The zero-order valence-corrected chi connectivity index (χ0v) is 11.2. The molecule has 96 valence electrons. The van der Waals surface area contributed by atoms with Gasteiger partial charge in [0.15, 0.2) is 0 Å². The molecule has 17 heavy (non-hydrogen) atoms. The second-order valence-electron chi connectivity index (χ2n) is 4.09. The third-order valence-corrected chi connectivity index (χ3v) is 3.13. The average Bonchev–Trinajstić information content (AvgIpc) is 2.68. The molecule has 1 atom stereocenters. The van der Waals surface area contributed by atoms with Gasteiger partial charge in [-0.1, -0.05) is 25.4 Å². The van der Waals surface area contributed by atoms with Gasteiger partial charge in [-0.2, -0.15) is 0 Å². The number of rotatable bonds is 6. The van der Waals surface area contributed by atoms with E-state index in [0.717, 1.165) is 19.6 Å². The maximum atomic E-state index is 11.1. The number of hydrogen-bond acceptors (Lipinski definition) is 2. The van der Waals surface area contributed by atoms with Crippen LogP contribution in [0.4, 0.5) is 0 Å². The van der Waals surface area contributed by atoms with Gasteiger partial charge in [0.1, 0.15) is 5.69 Å². The topological polar surface area (TPSA) is 45.5 Å². The number of nitrogens with zero attached hydrogens (tertiary/aromatic N) is 2. The zero-order chi connectivity index (χ0) is 13.0. The van der Waals surface area contributed by atoms with Crippen LogP contribution in [0.3, 0.4) is 0 Å². The molecule has 0 bridgehead atoms. The Labute approximate surface area is 107 Å². The lowest BCUT2D eigenvalue weighted by Gasteiger charge is -2.24. The summed E-state index contributed by atoms with van der Waals surface area (Å²) < 4.78 is 1.73. The van der Waals surface area contributed by atoms with Crippen LogP contribution in [0, 0.1) is 0 Å². The van der Waals surface area contributed by atoms with Gasteiger partial charge in [0.2, 0.25) is 0 Å². The van der Waals surface area contributed by atoms with Crippen molar-refractivity contribution in [3.05, 3.63) is 23.0 Å². The number of halogens is 1. The second-order valence-corrected chi connectivity index (χ2v) is 4.53. The second kappa shape index (κ2) is 6.07. The van der Waals surface area contributed by atoms with Gasteiger partial charge in [-0.3, -0.25) is 0 Å². The summed E-state index contributed by atoms with van der Waals surface area (Å²) in [7, 11) is 0. The molecule has 0 aromatic carbocycles. The van der Waals surface area contributed by atoms with Crippen LogP contribution in [-0.4, -0.2) is 40.2 Å². The minimum atomic E-state index is -0.941. The number of aromatic carboxylic acids is 1. The predicted molar refractivity (Wildman–Crippen MR) is 68.9 cm³/mol. The first-order chi connectivity index (χ1) is 7.99. The molecule has 0 saturated carbocycles. The normalized spacial score (nSPS) is 13.0. The van der Waals surface area contributed by atoms with Gasteiger partial charge in [-0.25, -0.2) is 4.79 Å². The van der Waals surface area contributed by atoms with Crippen LogP contribution in [0.1, 0.15) is 37.3 Å². The molecular formula is C12H19ClN2O2. The molecule has 0 fully saturated rings. The Bertz CT molecular complexity index is 386. The van der Waals surface area contributed by atoms with Gasteiger partial charge >= 0.3 is 5.97 Å². The Kier molecular flexibility index (Phi) is 5.02. The monoisotopic (exact) mass is 258 g/mol. The Morgan fingerprint density at radius 1 is 1.53 bits per heavy atom. The fourth-order valence-corrected chi connectivity index (χ4v) is 2.13. The molecule has 0 amide bonds. The van der Waals surface area contributed by atoms with Crippen molar-refractivity contribution in [3.63, 3.8) is 0 Å². The van der Waals surface area contributed by atoms with E-state index >= 15 is 0 Å². The zero-order valence-electron chi connectivity index (χ0n) is 10.5. The highest BCUT2D eigenvalue weighted by Crippen LogP contribution is 2.19. The first-order valence-corrected chi connectivity index (χ1v) is 6.20. The highest BCUT2D eigenvalue weighted by molar-refractivity contribution is 6.30. The van der Waals surface area contributed by atoms with E-state index in [1.54, 1.807) is 10.8 Å². The minimum Gasteiger partial charge on any atom is -0.477 e. The first kappa shape index (κ1) is 14.1. The molecule has 0 radical (unpaired) electrons. The van der Waals surface area contributed by atoms with Crippen molar-refractivity contribution in [3.8, 4) is 0 Å². The van der Waals surface area contributed by atoms with Crippen molar-refractivity contribution in [1.29, 1.82) is 0 Å². The summed E-state index contributed by atoms with van der Waals surface area (Å²) in [6.07, 6.45) is 1.68. The summed E-state index contributed by atoms with van der Waals surface area (Å²) in [5.41, 5.74) is 0.245. The molecule has 0 aliphatic rings. The molecular weight excluding hydrogens is 240 g/mol. The molecule has 0 saturated heterocycles. The van der Waals surface area contributed by atoms with Crippen molar-refractivity contribution in [1.82, 2.24) is 9.47 Å². The number of carboxylic acid groups (broad SMARTS) is 1. The van der Waals surface area contributed by atoms with E-state index in [1.165, 1.54) is 6.07 Å². The Balaban J connectivity index is 2.87. The van der Waals surface area contributed by atoms with Crippen molar-refractivity contribution in [2.75, 3.05) is 19.6 Å². The standard InChI is InChI=1S/C12H19ClN2O2/c1-4-14(5-2)7-9(3)15-8-10(13)6-11(15)12(16)17/h6,8-9H,4-5,7H2,1-3H3,(H,16,17). The highest BCUT2D eigenvalue weighted by Gasteiger charge is 2.17. The van der Waals surface area contributed by atoms with Crippen molar-refractivity contribution in [2.45, 2.75) is 26.8 Å².